The molecular weight excluding hydrogens is 254 g/mol. The van der Waals surface area contributed by atoms with E-state index in [-0.39, 0.29) is 6.10 Å². The molecule has 2 aliphatic heterocycles. The fraction of sp³-hybridized carbons (Fsp3) is 0.643. The van der Waals surface area contributed by atoms with Crippen molar-refractivity contribution in [3.05, 3.63) is 12.3 Å². The van der Waals surface area contributed by atoms with Crippen LogP contribution in [-0.2, 0) is 4.74 Å². The molecule has 6 heteroatoms. The molecule has 2 aliphatic rings. The van der Waals surface area contributed by atoms with Crippen LogP contribution in [0.3, 0.4) is 0 Å². The van der Waals surface area contributed by atoms with E-state index >= 15 is 0 Å². The molecule has 1 unspecified atom stereocenters. The monoisotopic (exact) mass is 277 g/mol. The third-order valence-electron chi connectivity index (χ3n) is 4.02. The molecule has 4 N–H and O–H groups in total. The number of rotatable bonds is 3. The van der Waals surface area contributed by atoms with E-state index in [2.05, 4.69) is 14.8 Å². The lowest BCUT2D eigenvalue weighted by Crippen LogP contribution is -2.47. The Hall–Kier alpha value is -1.53. The van der Waals surface area contributed by atoms with Crippen LogP contribution in [0.1, 0.15) is 12.8 Å². The zero-order valence-corrected chi connectivity index (χ0v) is 11.8. The van der Waals surface area contributed by atoms with Crippen LogP contribution in [0.5, 0.6) is 0 Å². The molecule has 0 bridgehead atoms. The third kappa shape index (κ3) is 2.96. The van der Waals surface area contributed by atoms with Gasteiger partial charge in [0.1, 0.15) is 0 Å². The van der Waals surface area contributed by atoms with Crippen LogP contribution in [0, 0.1) is 0 Å². The summed E-state index contributed by atoms with van der Waals surface area (Å²) >= 11 is 0. The fourth-order valence-electron chi connectivity index (χ4n) is 3.03. The normalized spacial score (nSPS) is 24.2. The maximum atomic E-state index is 6.03. The summed E-state index contributed by atoms with van der Waals surface area (Å²) in [5, 5.41) is 0. The first-order valence-corrected chi connectivity index (χ1v) is 7.32. The Morgan fingerprint density at radius 3 is 2.80 bits per heavy atom. The number of morpholine rings is 1. The number of hydrogen-bond acceptors (Lipinski definition) is 6. The number of hydrogen-bond donors (Lipinski definition) is 2. The van der Waals surface area contributed by atoms with Crippen LogP contribution >= 0.6 is 0 Å². The number of nitrogens with two attached hydrogens (primary N) is 2. The summed E-state index contributed by atoms with van der Waals surface area (Å²) in [5.74, 6) is 0.828. The van der Waals surface area contributed by atoms with Gasteiger partial charge in [-0.05, 0) is 32.0 Å². The van der Waals surface area contributed by atoms with Crippen LogP contribution in [-0.4, -0.2) is 55.3 Å². The van der Waals surface area contributed by atoms with Crippen molar-refractivity contribution in [2.45, 2.75) is 18.9 Å². The number of likely N-dealkylation sites (tertiary alicyclic amines) is 1. The van der Waals surface area contributed by atoms with Crippen molar-refractivity contribution in [1.82, 2.24) is 9.88 Å². The second-order valence-electron chi connectivity index (χ2n) is 5.63. The van der Waals surface area contributed by atoms with Crippen LogP contribution in [0.4, 0.5) is 17.2 Å². The number of ether oxygens (including phenoxy) is 1. The molecule has 2 saturated heterocycles. The third-order valence-corrected chi connectivity index (χ3v) is 4.02. The summed E-state index contributed by atoms with van der Waals surface area (Å²) in [6.45, 7) is 5.80. The summed E-state index contributed by atoms with van der Waals surface area (Å²) < 4.78 is 5.88. The number of nitrogen functional groups attached to an aromatic ring is 2. The van der Waals surface area contributed by atoms with E-state index in [1.54, 1.807) is 12.3 Å². The second-order valence-corrected chi connectivity index (χ2v) is 5.63. The van der Waals surface area contributed by atoms with Gasteiger partial charge in [0.05, 0.1) is 30.3 Å². The molecule has 0 amide bonds. The average molecular weight is 277 g/mol. The van der Waals surface area contributed by atoms with Crippen molar-refractivity contribution < 1.29 is 4.74 Å². The zero-order valence-electron chi connectivity index (χ0n) is 11.8. The molecule has 0 aliphatic carbocycles. The Labute approximate surface area is 119 Å². The molecule has 0 saturated carbocycles. The summed E-state index contributed by atoms with van der Waals surface area (Å²) in [6, 6.07) is 1.77. The van der Waals surface area contributed by atoms with Crippen molar-refractivity contribution >= 4 is 17.2 Å². The van der Waals surface area contributed by atoms with Gasteiger partial charge in [-0.15, -0.1) is 0 Å². The highest BCUT2D eigenvalue weighted by Gasteiger charge is 2.25. The molecule has 1 atom stereocenters. The number of nitrogens with zero attached hydrogens (tertiary/aromatic N) is 3. The lowest BCUT2D eigenvalue weighted by Gasteiger charge is -2.35. The van der Waals surface area contributed by atoms with Gasteiger partial charge < -0.3 is 26.0 Å². The maximum Gasteiger partial charge on any atom is 0.152 e. The van der Waals surface area contributed by atoms with E-state index in [9.17, 15) is 0 Å². The van der Waals surface area contributed by atoms with E-state index in [1.807, 2.05) is 0 Å². The Kier molecular flexibility index (Phi) is 3.93. The average Bonchev–Trinajstić information content (AvgIpc) is 2.92. The van der Waals surface area contributed by atoms with Gasteiger partial charge in [-0.2, -0.15) is 0 Å². The van der Waals surface area contributed by atoms with Crippen molar-refractivity contribution in [3.63, 3.8) is 0 Å². The largest absolute Gasteiger partial charge is 0.397 e. The highest BCUT2D eigenvalue weighted by Crippen LogP contribution is 2.24. The van der Waals surface area contributed by atoms with Crippen molar-refractivity contribution in [2.24, 2.45) is 0 Å². The molecule has 1 aromatic rings. The van der Waals surface area contributed by atoms with Gasteiger partial charge in [-0.25, -0.2) is 4.98 Å². The van der Waals surface area contributed by atoms with Gasteiger partial charge in [0.15, 0.2) is 5.82 Å². The molecule has 6 nitrogen and oxygen atoms in total. The van der Waals surface area contributed by atoms with E-state index in [0.717, 1.165) is 32.1 Å². The van der Waals surface area contributed by atoms with Gasteiger partial charge in [0.25, 0.3) is 0 Å². The predicted octanol–water partition coefficient (Wildman–Crippen LogP) is 0.547. The minimum atomic E-state index is 0.237. The number of pyridine rings is 1. The summed E-state index contributed by atoms with van der Waals surface area (Å²) in [5.41, 5.74) is 13.0. The summed E-state index contributed by atoms with van der Waals surface area (Å²) in [7, 11) is 0. The van der Waals surface area contributed by atoms with Gasteiger partial charge in [0, 0.05) is 19.6 Å². The molecule has 1 aromatic heterocycles. The van der Waals surface area contributed by atoms with Gasteiger partial charge in [-0.3, -0.25) is 0 Å². The predicted molar refractivity (Wildman–Crippen MR) is 80.7 cm³/mol. The Balaban J connectivity index is 1.64. The number of aromatic nitrogens is 1. The van der Waals surface area contributed by atoms with Crippen LogP contribution in [0.2, 0.25) is 0 Å². The molecule has 0 spiro atoms. The van der Waals surface area contributed by atoms with E-state index < -0.39 is 0 Å². The quantitative estimate of drug-likeness (QED) is 0.839. The molecule has 3 heterocycles. The molecule has 0 radical (unpaired) electrons. The highest BCUT2D eigenvalue weighted by atomic mass is 16.5. The van der Waals surface area contributed by atoms with E-state index in [0.29, 0.717) is 11.4 Å². The summed E-state index contributed by atoms with van der Waals surface area (Å²) in [4.78, 5) is 9.06. The van der Waals surface area contributed by atoms with Gasteiger partial charge in [-0.1, -0.05) is 0 Å². The van der Waals surface area contributed by atoms with Gasteiger partial charge >= 0.3 is 0 Å². The standard InChI is InChI=1S/C14H23N5O/c15-11-7-13(16)14(17-8-11)19-5-6-20-12(10-19)9-18-3-1-2-4-18/h7-8,12H,1-6,9-10,15-16H2. The van der Waals surface area contributed by atoms with Crippen LogP contribution in [0.25, 0.3) is 0 Å². The lowest BCUT2D eigenvalue weighted by molar-refractivity contribution is 0.0200. The smallest absolute Gasteiger partial charge is 0.152 e. The fourth-order valence-corrected chi connectivity index (χ4v) is 3.03. The molecule has 0 aromatic carbocycles. The first-order valence-electron chi connectivity index (χ1n) is 7.32. The molecule has 20 heavy (non-hydrogen) atoms. The van der Waals surface area contributed by atoms with Crippen molar-refractivity contribution in [2.75, 3.05) is 55.7 Å². The minimum absolute atomic E-state index is 0.237. The topological polar surface area (TPSA) is 80.6 Å². The molecule has 3 rings (SSSR count). The highest BCUT2D eigenvalue weighted by molar-refractivity contribution is 5.67. The van der Waals surface area contributed by atoms with Crippen LogP contribution in [0.15, 0.2) is 12.3 Å². The first kappa shape index (κ1) is 13.5. The maximum absolute atomic E-state index is 6.03. The van der Waals surface area contributed by atoms with Gasteiger partial charge in [0.2, 0.25) is 0 Å². The van der Waals surface area contributed by atoms with Crippen LogP contribution < -0.4 is 16.4 Å². The first-order chi connectivity index (χ1) is 9.72. The lowest BCUT2D eigenvalue weighted by atomic mass is 10.2. The van der Waals surface area contributed by atoms with E-state index in [4.69, 9.17) is 16.2 Å². The summed E-state index contributed by atoms with van der Waals surface area (Å²) in [6.07, 6.45) is 4.52. The Morgan fingerprint density at radius 1 is 1.25 bits per heavy atom. The molecular formula is C14H23N5O. The second kappa shape index (κ2) is 5.85. The Morgan fingerprint density at radius 2 is 2.05 bits per heavy atom. The SMILES string of the molecule is Nc1cnc(N2CCOC(CN3CCCC3)C2)c(N)c1. The van der Waals surface area contributed by atoms with E-state index in [1.165, 1.54) is 25.9 Å². The minimum Gasteiger partial charge on any atom is -0.397 e. The number of anilines is 3. The van der Waals surface area contributed by atoms with Crippen molar-refractivity contribution in [1.29, 1.82) is 0 Å². The molecule has 2 fully saturated rings. The zero-order chi connectivity index (χ0) is 13.9. The molecule has 110 valence electrons. The van der Waals surface area contributed by atoms with Crippen molar-refractivity contribution in [3.8, 4) is 0 Å². The Bertz CT molecular complexity index is 461.